The lowest BCUT2D eigenvalue weighted by molar-refractivity contribution is 0.302. The van der Waals surface area contributed by atoms with Gasteiger partial charge < -0.3 is 10.1 Å². The Morgan fingerprint density at radius 3 is 2.41 bits per heavy atom. The lowest BCUT2D eigenvalue weighted by Crippen LogP contribution is -2.05. The fraction of sp³-hybridized carbons (Fsp3) is 0.0833. The number of halogens is 3. The van der Waals surface area contributed by atoms with Gasteiger partial charge in [0, 0.05) is 27.3 Å². The van der Waals surface area contributed by atoms with E-state index in [-0.39, 0.29) is 0 Å². The van der Waals surface area contributed by atoms with E-state index in [9.17, 15) is 0 Å². The minimum absolute atomic E-state index is 0.496. The highest BCUT2D eigenvalue weighted by molar-refractivity contribution is 9.11. The molecule has 5 heteroatoms. The molecule has 0 radical (unpaired) electrons. The molecular weight excluding hydrogens is 514 g/mol. The number of ether oxygens (including phenoxy) is 1. The van der Waals surface area contributed by atoms with Gasteiger partial charge in [-0.2, -0.15) is 0 Å². The number of fused-ring (bicyclic) bond motifs is 1. The molecule has 0 atom stereocenters. The average molecular weight is 532 g/mol. The molecule has 0 aliphatic rings. The van der Waals surface area contributed by atoms with Crippen LogP contribution in [0.1, 0.15) is 11.1 Å². The Hall–Kier alpha value is -2.01. The van der Waals surface area contributed by atoms with Crippen molar-refractivity contribution >= 4 is 59.9 Å². The van der Waals surface area contributed by atoms with Crippen molar-refractivity contribution in [2.45, 2.75) is 13.2 Å². The topological polar surface area (TPSA) is 21.3 Å². The monoisotopic (exact) mass is 529 g/mol. The van der Waals surface area contributed by atoms with Gasteiger partial charge in [-0.05, 0) is 68.7 Å². The smallest absolute Gasteiger partial charge is 0.139 e. The van der Waals surface area contributed by atoms with Crippen molar-refractivity contribution in [1.29, 1.82) is 0 Å². The first-order valence-electron chi connectivity index (χ1n) is 9.17. The Balaban J connectivity index is 1.57. The summed E-state index contributed by atoms with van der Waals surface area (Å²) in [7, 11) is 0. The molecule has 0 aromatic heterocycles. The quantitative estimate of drug-likeness (QED) is 0.271. The van der Waals surface area contributed by atoms with Crippen LogP contribution < -0.4 is 10.1 Å². The van der Waals surface area contributed by atoms with Crippen LogP contribution in [0.3, 0.4) is 0 Å². The number of hydrogen-bond acceptors (Lipinski definition) is 2. The molecule has 0 saturated carbocycles. The van der Waals surface area contributed by atoms with Gasteiger partial charge in [-0.3, -0.25) is 0 Å². The summed E-state index contributed by atoms with van der Waals surface area (Å²) in [6, 6.07) is 26.4. The first-order chi connectivity index (χ1) is 14.1. The summed E-state index contributed by atoms with van der Waals surface area (Å²) in [4.78, 5) is 0. The van der Waals surface area contributed by atoms with E-state index in [4.69, 9.17) is 16.3 Å². The first kappa shape index (κ1) is 20.3. The summed E-state index contributed by atoms with van der Waals surface area (Å²) >= 11 is 13.2. The summed E-state index contributed by atoms with van der Waals surface area (Å²) in [5.41, 5.74) is 3.22. The summed E-state index contributed by atoms with van der Waals surface area (Å²) in [6.07, 6.45) is 0. The molecule has 29 heavy (non-hydrogen) atoms. The van der Waals surface area contributed by atoms with Crippen molar-refractivity contribution in [3.8, 4) is 5.75 Å². The van der Waals surface area contributed by atoms with E-state index in [1.165, 1.54) is 10.8 Å². The molecule has 1 N–H and O–H groups in total. The van der Waals surface area contributed by atoms with E-state index in [1.807, 2.05) is 30.3 Å². The van der Waals surface area contributed by atoms with E-state index in [0.29, 0.717) is 13.2 Å². The van der Waals surface area contributed by atoms with Gasteiger partial charge in [0.1, 0.15) is 12.4 Å². The molecule has 0 unspecified atom stereocenters. The minimum Gasteiger partial charge on any atom is -0.487 e. The predicted molar refractivity (Wildman–Crippen MR) is 129 cm³/mol. The normalized spacial score (nSPS) is 10.9. The molecule has 4 aromatic rings. The Kier molecular flexibility index (Phi) is 6.43. The summed E-state index contributed by atoms with van der Waals surface area (Å²) in [5.74, 6) is 0.836. The molecule has 0 fully saturated rings. The maximum absolute atomic E-state index is 6.30. The molecule has 0 saturated heterocycles. The molecule has 0 bridgehead atoms. The second-order valence-corrected chi connectivity index (χ2v) is 8.87. The van der Waals surface area contributed by atoms with Crippen LogP contribution in [0.15, 0.2) is 87.8 Å². The summed E-state index contributed by atoms with van der Waals surface area (Å²) < 4.78 is 8.21. The van der Waals surface area contributed by atoms with Crippen molar-refractivity contribution in [1.82, 2.24) is 0 Å². The zero-order chi connectivity index (χ0) is 20.2. The van der Waals surface area contributed by atoms with Crippen LogP contribution in [0, 0.1) is 0 Å². The Morgan fingerprint density at radius 2 is 1.59 bits per heavy atom. The van der Waals surface area contributed by atoms with Crippen molar-refractivity contribution < 1.29 is 4.74 Å². The standard InChI is InChI=1S/C24H18Br2ClNO/c25-19-12-18(14-28-21-10-8-20(27)9-11-21)24(23(26)13-19)29-15-17-6-3-5-16-4-1-2-7-22(16)17/h1-13,28H,14-15H2. The summed E-state index contributed by atoms with van der Waals surface area (Å²) in [6.45, 7) is 1.13. The largest absolute Gasteiger partial charge is 0.487 e. The van der Waals surface area contributed by atoms with Gasteiger partial charge in [-0.25, -0.2) is 0 Å². The van der Waals surface area contributed by atoms with Crippen LogP contribution in [0.4, 0.5) is 5.69 Å². The Labute approximate surface area is 192 Å². The third-order valence-electron chi connectivity index (χ3n) is 4.66. The van der Waals surface area contributed by atoms with Crippen LogP contribution in [-0.4, -0.2) is 0 Å². The van der Waals surface area contributed by atoms with Crippen molar-refractivity contribution in [3.05, 3.63) is 104 Å². The third-order valence-corrected chi connectivity index (χ3v) is 5.96. The highest BCUT2D eigenvalue weighted by atomic mass is 79.9. The van der Waals surface area contributed by atoms with Gasteiger partial charge in [0.05, 0.1) is 4.47 Å². The lowest BCUT2D eigenvalue weighted by Gasteiger charge is -2.16. The Bertz CT molecular complexity index is 1140. The Morgan fingerprint density at radius 1 is 0.828 bits per heavy atom. The average Bonchev–Trinajstić information content (AvgIpc) is 2.72. The maximum Gasteiger partial charge on any atom is 0.139 e. The van der Waals surface area contributed by atoms with E-state index >= 15 is 0 Å². The number of benzene rings is 4. The number of hydrogen-bond donors (Lipinski definition) is 1. The van der Waals surface area contributed by atoms with E-state index < -0.39 is 0 Å². The van der Waals surface area contributed by atoms with Crippen molar-refractivity contribution in [2.75, 3.05) is 5.32 Å². The lowest BCUT2D eigenvalue weighted by atomic mass is 10.1. The number of rotatable bonds is 6. The molecular formula is C24H18Br2ClNO. The molecule has 2 nitrogen and oxygen atoms in total. The van der Waals surface area contributed by atoms with Gasteiger partial charge in [0.25, 0.3) is 0 Å². The number of anilines is 1. The zero-order valence-corrected chi connectivity index (χ0v) is 19.4. The molecule has 4 aromatic carbocycles. The van der Waals surface area contributed by atoms with Gasteiger partial charge in [0.2, 0.25) is 0 Å². The molecule has 0 heterocycles. The van der Waals surface area contributed by atoms with Crippen LogP contribution >= 0.6 is 43.5 Å². The predicted octanol–water partition coefficient (Wildman–Crippen LogP) is 8.21. The highest BCUT2D eigenvalue weighted by Gasteiger charge is 2.12. The third kappa shape index (κ3) is 4.95. The molecule has 0 aliphatic carbocycles. The maximum atomic E-state index is 6.30. The van der Waals surface area contributed by atoms with Crippen LogP contribution in [0.2, 0.25) is 5.02 Å². The fourth-order valence-corrected chi connectivity index (χ4v) is 4.79. The van der Waals surface area contributed by atoms with Crippen molar-refractivity contribution in [3.63, 3.8) is 0 Å². The van der Waals surface area contributed by atoms with E-state index in [1.54, 1.807) is 0 Å². The number of nitrogens with one attached hydrogen (secondary N) is 1. The molecule has 0 aliphatic heterocycles. The van der Waals surface area contributed by atoms with Gasteiger partial charge in [0.15, 0.2) is 0 Å². The van der Waals surface area contributed by atoms with Gasteiger partial charge in [-0.15, -0.1) is 0 Å². The van der Waals surface area contributed by atoms with E-state index in [0.717, 1.165) is 36.5 Å². The van der Waals surface area contributed by atoms with E-state index in [2.05, 4.69) is 85.7 Å². The molecule has 0 spiro atoms. The van der Waals surface area contributed by atoms with Gasteiger partial charge >= 0.3 is 0 Å². The minimum atomic E-state index is 0.496. The van der Waals surface area contributed by atoms with Gasteiger partial charge in [-0.1, -0.05) is 70.0 Å². The van der Waals surface area contributed by atoms with Crippen LogP contribution in [-0.2, 0) is 13.2 Å². The molecule has 146 valence electrons. The molecule has 4 rings (SSSR count). The zero-order valence-electron chi connectivity index (χ0n) is 15.5. The van der Waals surface area contributed by atoms with Crippen molar-refractivity contribution in [2.24, 2.45) is 0 Å². The molecule has 0 amide bonds. The second-order valence-electron chi connectivity index (χ2n) is 6.66. The van der Waals surface area contributed by atoms with Crippen LogP contribution in [0.25, 0.3) is 10.8 Å². The summed E-state index contributed by atoms with van der Waals surface area (Å²) in [5, 5.41) is 6.58. The fourth-order valence-electron chi connectivity index (χ4n) is 3.24. The first-order valence-corrected chi connectivity index (χ1v) is 11.1. The SMILES string of the molecule is Clc1ccc(NCc2cc(Br)cc(Br)c2OCc2cccc3ccccc23)cc1. The van der Waals surface area contributed by atoms with Crippen LogP contribution in [0.5, 0.6) is 5.75 Å². The second kappa shape index (κ2) is 9.21. The highest BCUT2D eigenvalue weighted by Crippen LogP contribution is 2.34.